The maximum absolute atomic E-state index is 13.0. The van der Waals surface area contributed by atoms with Crippen molar-refractivity contribution in [3.63, 3.8) is 0 Å². The Morgan fingerprint density at radius 3 is 2.39 bits per heavy atom. The van der Waals surface area contributed by atoms with E-state index in [0.717, 1.165) is 0 Å². The fraction of sp³-hybridized carbons (Fsp3) is 0.500. The summed E-state index contributed by atoms with van der Waals surface area (Å²) < 4.78 is 18.0. The smallest absolute Gasteiger partial charge is 0.239 e. The number of carbonyl (C=O) groups is 2. The molecule has 23 heavy (non-hydrogen) atoms. The molecule has 1 unspecified atom stereocenters. The highest BCUT2D eigenvalue weighted by Crippen LogP contribution is 2.13. The minimum Gasteiger partial charge on any atom is -0.382 e. The number of nitrogens with one attached hydrogen (secondary N) is 2. The van der Waals surface area contributed by atoms with E-state index in [2.05, 4.69) is 10.6 Å². The van der Waals surface area contributed by atoms with Crippen LogP contribution in [-0.2, 0) is 14.3 Å². The van der Waals surface area contributed by atoms with Crippen LogP contribution in [-0.4, -0.2) is 38.1 Å². The van der Waals surface area contributed by atoms with Gasteiger partial charge in [-0.3, -0.25) is 9.59 Å². The lowest BCUT2D eigenvalue weighted by Crippen LogP contribution is -2.47. The van der Waals surface area contributed by atoms with E-state index in [1.807, 2.05) is 13.8 Å². The number of benzene rings is 1. The molecule has 1 rings (SSSR count). The van der Waals surface area contributed by atoms with Crippen LogP contribution in [0.2, 0.25) is 0 Å². The van der Waals surface area contributed by atoms with Crippen molar-refractivity contribution in [1.29, 1.82) is 0 Å². The number of rotatable bonds is 8. The molecule has 0 aromatic heterocycles. The summed E-state index contributed by atoms with van der Waals surface area (Å²) in [6.07, 6.45) is 0. The maximum atomic E-state index is 13.0. The molecule has 0 bridgehead atoms. The Morgan fingerprint density at radius 1 is 1.26 bits per heavy atom. The number of nitrogens with two attached hydrogens (primary N) is 1. The second kappa shape index (κ2) is 9.22. The van der Waals surface area contributed by atoms with Crippen molar-refractivity contribution in [2.45, 2.75) is 25.9 Å². The van der Waals surface area contributed by atoms with Gasteiger partial charge in [-0.1, -0.05) is 26.0 Å². The summed E-state index contributed by atoms with van der Waals surface area (Å²) >= 11 is 0. The number of hydrogen-bond donors (Lipinski definition) is 3. The predicted molar refractivity (Wildman–Crippen MR) is 85.0 cm³/mol. The van der Waals surface area contributed by atoms with Crippen LogP contribution in [0.4, 0.5) is 4.39 Å². The third-order valence-corrected chi connectivity index (χ3v) is 3.39. The van der Waals surface area contributed by atoms with Gasteiger partial charge in [0.2, 0.25) is 11.8 Å². The van der Waals surface area contributed by atoms with Gasteiger partial charge in [-0.25, -0.2) is 4.39 Å². The molecule has 1 aromatic rings. The second-order valence-corrected chi connectivity index (χ2v) is 5.61. The third kappa shape index (κ3) is 6.33. The highest BCUT2D eigenvalue weighted by atomic mass is 19.1. The molecule has 0 heterocycles. The van der Waals surface area contributed by atoms with E-state index in [4.69, 9.17) is 10.5 Å². The first-order chi connectivity index (χ1) is 10.8. The van der Waals surface area contributed by atoms with E-state index < -0.39 is 12.1 Å². The first-order valence-corrected chi connectivity index (χ1v) is 7.42. The predicted octanol–water partition coefficient (Wildman–Crippen LogP) is 0.729. The van der Waals surface area contributed by atoms with Gasteiger partial charge in [0, 0.05) is 7.11 Å². The maximum Gasteiger partial charge on any atom is 0.239 e. The van der Waals surface area contributed by atoms with Gasteiger partial charge >= 0.3 is 0 Å². The van der Waals surface area contributed by atoms with Crippen molar-refractivity contribution < 1.29 is 18.7 Å². The molecule has 1 aromatic carbocycles. The Bertz CT molecular complexity index is 520. The van der Waals surface area contributed by atoms with E-state index in [9.17, 15) is 14.0 Å². The van der Waals surface area contributed by atoms with Crippen molar-refractivity contribution in [2.75, 3.05) is 20.3 Å². The summed E-state index contributed by atoms with van der Waals surface area (Å²) in [6, 6.07) is 4.69. The van der Waals surface area contributed by atoms with Crippen LogP contribution in [0.3, 0.4) is 0 Å². The van der Waals surface area contributed by atoms with Gasteiger partial charge in [-0.05, 0) is 23.6 Å². The normalized spacial score (nSPS) is 13.5. The lowest BCUT2D eigenvalue weighted by molar-refractivity contribution is -0.127. The monoisotopic (exact) mass is 325 g/mol. The zero-order valence-electron chi connectivity index (χ0n) is 13.6. The quantitative estimate of drug-likeness (QED) is 0.657. The number of hydrogen-bond acceptors (Lipinski definition) is 4. The van der Waals surface area contributed by atoms with E-state index >= 15 is 0 Å². The van der Waals surface area contributed by atoms with Crippen LogP contribution in [0.1, 0.15) is 25.5 Å². The number of amides is 2. The highest BCUT2D eigenvalue weighted by Gasteiger charge is 2.19. The summed E-state index contributed by atoms with van der Waals surface area (Å²) in [5.74, 6) is -1.12. The van der Waals surface area contributed by atoms with Crippen LogP contribution in [0, 0.1) is 11.7 Å². The number of methoxy groups -OCH3 is 1. The average Bonchev–Trinajstić information content (AvgIpc) is 2.52. The molecular formula is C16H24FN3O3. The fourth-order valence-electron chi connectivity index (χ4n) is 1.92. The minimum absolute atomic E-state index is 0.0153. The lowest BCUT2D eigenvalue weighted by atomic mass is 10.1. The molecule has 2 amide bonds. The second-order valence-electron chi connectivity index (χ2n) is 5.61. The minimum atomic E-state index is -0.658. The largest absolute Gasteiger partial charge is 0.382 e. The molecule has 0 fully saturated rings. The first-order valence-electron chi connectivity index (χ1n) is 7.42. The summed E-state index contributed by atoms with van der Waals surface area (Å²) in [7, 11) is 1.51. The lowest BCUT2D eigenvalue weighted by Gasteiger charge is -2.19. The Morgan fingerprint density at radius 2 is 1.87 bits per heavy atom. The van der Waals surface area contributed by atoms with Gasteiger partial charge in [0.25, 0.3) is 0 Å². The van der Waals surface area contributed by atoms with Crippen LogP contribution < -0.4 is 16.4 Å². The van der Waals surface area contributed by atoms with Gasteiger partial charge < -0.3 is 21.1 Å². The molecule has 0 saturated heterocycles. The molecule has 7 heteroatoms. The fourth-order valence-corrected chi connectivity index (χ4v) is 1.92. The van der Waals surface area contributed by atoms with Crippen LogP contribution >= 0.6 is 0 Å². The highest BCUT2D eigenvalue weighted by molar-refractivity contribution is 5.87. The van der Waals surface area contributed by atoms with Crippen LogP contribution in [0.15, 0.2) is 24.3 Å². The Hall–Kier alpha value is -1.99. The molecule has 0 aliphatic carbocycles. The van der Waals surface area contributed by atoms with Gasteiger partial charge in [0.15, 0.2) is 0 Å². The van der Waals surface area contributed by atoms with E-state index in [1.54, 1.807) is 12.1 Å². The summed E-state index contributed by atoms with van der Waals surface area (Å²) in [4.78, 5) is 23.7. The molecular weight excluding hydrogens is 301 g/mol. The zero-order valence-corrected chi connectivity index (χ0v) is 13.6. The molecule has 0 aliphatic heterocycles. The SMILES string of the molecule is COCC(NC(=O)CNC(=O)[C@@H](N)C(C)C)c1ccc(F)cc1. The molecule has 0 spiro atoms. The van der Waals surface area contributed by atoms with E-state index in [1.165, 1.54) is 19.2 Å². The van der Waals surface area contributed by atoms with E-state index in [-0.39, 0.29) is 36.7 Å². The first kappa shape index (κ1) is 19.1. The average molecular weight is 325 g/mol. The van der Waals surface area contributed by atoms with Gasteiger partial charge in [0.05, 0.1) is 25.2 Å². The number of carbonyl (C=O) groups excluding carboxylic acids is 2. The summed E-state index contributed by atoms with van der Waals surface area (Å²) in [5.41, 5.74) is 6.42. The Kier molecular flexibility index (Phi) is 7.64. The topological polar surface area (TPSA) is 93.5 Å². The molecule has 4 N–H and O–H groups in total. The summed E-state index contributed by atoms with van der Waals surface area (Å²) in [6.45, 7) is 3.71. The van der Waals surface area contributed by atoms with Crippen molar-refractivity contribution in [1.82, 2.24) is 10.6 Å². The molecule has 128 valence electrons. The van der Waals surface area contributed by atoms with Crippen molar-refractivity contribution in [2.24, 2.45) is 11.7 Å². The standard InChI is InChI=1S/C16H24FN3O3/c1-10(2)15(18)16(22)19-8-14(21)20-13(9-23-3)11-4-6-12(17)7-5-11/h4-7,10,13,15H,8-9,18H2,1-3H3,(H,19,22)(H,20,21)/t13?,15-/m0/s1. The number of ether oxygens (including phenoxy) is 1. The van der Waals surface area contributed by atoms with Crippen molar-refractivity contribution in [3.8, 4) is 0 Å². The Balaban J connectivity index is 2.58. The molecule has 0 radical (unpaired) electrons. The van der Waals surface area contributed by atoms with Gasteiger partial charge in [0.1, 0.15) is 5.82 Å². The van der Waals surface area contributed by atoms with Crippen molar-refractivity contribution >= 4 is 11.8 Å². The Labute approximate surface area is 135 Å². The zero-order chi connectivity index (χ0) is 17.4. The third-order valence-electron chi connectivity index (χ3n) is 3.39. The number of halogens is 1. The van der Waals surface area contributed by atoms with Crippen molar-refractivity contribution in [3.05, 3.63) is 35.6 Å². The van der Waals surface area contributed by atoms with Crippen LogP contribution in [0.25, 0.3) is 0 Å². The molecule has 0 aliphatic rings. The van der Waals surface area contributed by atoms with Crippen LogP contribution in [0.5, 0.6) is 0 Å². The molecule has 6 nitrogen and oxygen atoms in total. The van der Waals surface area contributed by atoms with Gasteiger partial charge in [-0.2, -0.15) is 0 Å². The van der Waals surface area contributed by atoms with Gasteiger partial charge in [-0.15, -0.1) is 0 Å². The summed E-state index contributed by atoms with van der Waals surface area (Å²) in [5, 5.41) is 5.23. The molecule has 0 saturated carbocycles. The molecule has 2 atom stereocenters. The van der Waals surface area contributed by atoms with E-state index in [0.29, 0.717) is 5.56 Å².